The van der Waals surface area contributed by atoms with Gasteiger partial charge < -0.3 is 15.0 Å². The molecule has 7 nitrogen and oxygen atoms in total. The number of piperidine rings is 1. The van der Waals surface area contributed by atoms with Crippen molar-refractivity contribution in [3.8, 4) is 5.75 Å². The number of hydrogen-bond donors (Lipinski definition) is 1. The summed E-state index contributed by atoms with van der Waals surface area (Å²) in [6, 6.07) is 12.5. The van der Waals surface area contributed by atoms with Crippen LogP contribution in [0.25, 0.3) is 0 Å². The number of nitrogens with one attached hydrogen (secondary N) is 1. The largest absolute Gasteiger partial charge is 0.495 e. The molecule has 33 heavy (non-hydrogen) atoms. The van der Waals surface area contributed by atoms with E-state index in [1.54, 1.807) is 12.1 Å². The molecule has 1 amide bonds. The van der Waals surface area contributed by atoms with Gasteiger partial charge in [0.05, 0.1) is 30.1 Å². The van der Waals surface area contributed by atoms with Crippen LogP contribution in [0.2, 0.25) is 5.02 Å². The van der Waals surface area contributed by atoms with Crippen LogP contribution in [-0.4, -0.2) is 47.3 Å². The van der Waals surface area contributed by atoms with E-state index in [1.165, 1.54) is 31.7 Å². The number of nitrogens with zero attached hydrogens (tertiary/aromatic N) is 2. The highest BCUT2D eigenvalue weighted by Gasteiger charge is 2.23. The summed E-state index contributed by atoms with van der Waals surface area (Å²) in [5, 5.41) is 3.16. The third-order valence-electron chi connectivity index (χ3n) is 5.90. The highest BCUT2D eigenvalue weighted by molar-refractivity contribution is 7.92. The molecular weight excluding hydrogens is 462 g/mol. The summed E-state index contributed by atoms with van der Waals surface area (Å²) in [6.07, 6.45) is 3.53. The van der Waals surface area contributed by atoms with Crippen LogP contribution in [-0.2, 0) is 14.8 Å². The summed E-state index contributed by atoms with van der Waals surface area (Å²) < 4.78 is 30.9. The molecule has 2 unspecified atom stereocenters. The Morgan fingerprint density at radius 3 is 2.55 bits per heavy atom. The maximum atomic E-state index is 12.7. The lowest BCUT2D eigenvalue weighted by molar-refractivity contribution is -0.120. The van der Waals surface area contributed by atoms with Crippen molar-refractivity contribution in [1.82, 2.24) is 5.32 Å². The molecule has 2 atom stereocenters. The monoisotopic (exact) mass is 493 g/mol. The van der Waals surface area contributed by atoms with Gasteiger partial charge in [-0.25, -0.2) is 8.42 Å². The minimum atomic E-state index is -3.70. The van der Waals surface area contributed by atoms with E-state index in [-0.39, 0.29) is 17.6 Å². The van der Waals surface area contributed by atoms with Crippen LogP contribution in [0.5, 0.6) is 5.75 Å². The quantitative estimate of drug-likeness (QED) is 0.595. The van der Waals surface area contributed by atoms with Crippen LogP contribution in [0, 0.1) is 5.92 Å². The first-order chi connectivity index (χ1) is 15.6. The van der Waals surface area contributed by atoms with Crippen LogP contribution in [0.15, 0.2) is 42.5 Å². The van der Waals surface area contributed by atoms with Crippen molar-refractivity contribution in [2.75, 3.05) is 42.2 Å². The van der Waals surface area contributed by atoms with E-state index in [4.69, 9.17) is 16.3 Å². The van der Waals surface area contributed by atoms with Gasteiger partial charge in [0, 0.05) is 18.8 Å². The van der Waals surface area contributed by atoms with Crippen LogP contribution in [0.4, 0.5) is 11.4 Å². The zero-order valence-electron chi connectivity index (χ0n) is 19.5. The number of hydrogen-bond acceptors (Lipinski definition) is 5. The van der Waals surface area contributed by atoms with Crippen molar-refractivity contribution in [2.45, 2.75) is 32.7 Å². The van der Waals surface area contributed by atoms with Gasteiger partial charge in [0.2, 0.25) is 15.9 Å². The SMILES string of the molecule is COc1ccc(N(CC(=O)NC(C)c2ccc(N3CCCC(C)C3)cc2)S(C)(=O)=O)cc1Cl. The van der Waals surface area contributed by atoms with Gasteiger partial charge in [-0.15, -0.1) is 0 Å². The number of ether oxygens (including phenoxy) is 1. The molecule has 0 aromatic heterocycles. The van der Waals surface area contributed by atoms with Crippen molar-refractivity contribution >= 4 is 38.9 Å². The summed E-state index contributed by atoms with van der Waals surface area (Å²) in [5.74, 6) is 0.707. The molecule has 1 N–H and O–H groups in total. The standard InChI is InChI=1S/C24H32ClN3O4S/c1-17-6-5-13-27(15-17)20-9-7-19(8-10-20)18(2)26-24(29)16-28(33(4,30)31)21-11-12-23(32-3)22(25)14-21/h7-12,14,17-18H,5-6,13,15-16H2,1-4H3,(H,26,29). The topological polar surface area (TPSA) is 79.0 Å². The Labute approximate surface area is 201 Å². The molecule has 3 rings (SSSR count). The van der Waals surface area contributed by atoms with E-state index in [9.17, 15) is 13.2 Å². The second-order valence-electron chi connectivity index (χ2n) is 8.66. The summed E-state index contributed by atoms with van der Waals surface area (Å²) in [4.78, 5) is 15.1. The molecule has 1 saturated heterocycles. The fourth-order valence-corrected chi connectivity index (χ4v) is 5.21. The molecule has 1 fully saturated rings. The van der Waals surface area contributed by atoms with Gasteiger partial charge >= 0.3 is 0 Å². The van der Waals surface area contributed by atoms with E-state index in [0.717, 1.165) is 29.2 Å². The predicted molar refractivity (Wildman–Crippen MR) is 134 cm³/mol. The van der Waals surface area contributed by atoms with Crippen molar-refractivity contribution in [3.63, 3.8) is 0 Å². The lowest BCUT2D eigenvalue weighted by Crippen LogP contribution is -2.41. The third-order valence-corrected chi connectivity index (χ3v) is 7.34. The maximum Gasteiger partial charge on any atom is 0.241 e. The normalized spacial score (nSPS) is 17.4. The molecule has 1 aliphatic rings. The maximum absolute atomic E-state index is 12.7. The van der Waals surface area contributed by atoms with E-state index < -0.39 is 15.9 Å². The summed E-state index contributed by atoms with van der Waals surface area (Å²) in [7, 11) is -2.23. The van der Waals surface area contributed by atoms with Gasteiger partial charge in [0.25, 0.3) is 0 Å². The van der Waals surface area contributed by atoms with Gasteiger partial charge in [-0.1, -0.05) is 30.7 Å². The second-order valence-corrected chi connectivity index (χ2v) is 11.0. The number of carbonyl (C=O) groups excluding carboxylic acids is 1. The minimum Gasteiger partial charge on any atom is -0.495 e. The Bertz CT molecular complexity index is 1080. The molecule has 1 aliphatic heterocycles. The summed E-state index contributed by atoms with van der Waals surface area (Å²) >= 11 is 6.15. The van der Waals surface area contributed by atoms with Crippen molar-refractivity contribution in [3.05, 3.63) is 53.1 Å². The Morgan fingerprint density at radius 1 is 1.27 bits per heavy atom. The number of sulfonamides is 1. The molecule has 2 aromatic rings. The first-order valence-corrected chi connectivity index (χ1v) is 13.3. The molecule has 2 aromatic carbocycles. The van der Waals surface area contributed by atoms with Crippen LogP contribution < -0.4 is 19.3 Å². The molecule has 1 heterocycles. The van der Waals surface area contributed by atoms with Crippen LogP contribution in [0.3, 0.4) is 0 Å². The zero-order chi connectivity index (χ0) is 24.2. The number of rotatable bonds is 8. The van der Waals surface area contributed by atoms with Gasteiger partial charge in [-0.3, -0.25) is 9.10 Å². The lowest BCUT2D eigenvalue weighted by Gasteiger charge is -2.33. The zero-order valence-corrected chi connectivity index (χ0v) is 21.1. The van der Waals surface area contributed by atoms with E-state index in [2.05, 4.69) is 29.3 Å². The smallest absolute Gasteiger partial charge is 0.241 e. The van der Waals surface area contributed by atoms with Gasteiger partial charge in [0.1, 0.15) is 12.3 Å². The van der Waals surface area contributed by atoms with Crippen molar-refractivity contribution < 1.29 is 17.9 Å². The predicted octanol–water partition coefficient (Wildman–Crippen LogP) is 4.23. The van der Waals surface area contributed by atoms with E-state index in [1.807, 2.05) is 19.1 Å². The molecule has 0 saturated carbocycles. The molecule has 180 valence electrons. The molecule has 0 aliphatic carbocycles. The number of carbonyl (C=O) groups is 1. The first kappa shape index (κ1) is 25.2. The van der Waals surface area contributed by atoms with Gasteiger partial charge in [-0.05, 0) is 61.6 Å². The molecule has 0 bridgehead atoms. The van der Waals surface area contributed by atoms with E-state index >= 15 is 0 Å². The van der Waals surface area contributed by atoms with Crippen LogP contribution in [0.1, 0.15) is 38.3 Å². The highest BCUT2D eigenvalue weighted by atomic mass is 35.5. The molecule has 9 heteroatoms. The number of halogens is 1. The van der Waals surface area contributed by atoms with Gasteiger partial charge in [-0.2, -0.15) is 0 Å². The number of amides is 1. The molecule has 0 radical (unpaired) electrons. The average Bonchev–Trinajstić information content (AvgIpc) is 2.76. The van der Waals surface area contributed by atoms with Gasteiger partial charge in [0.15, 0.2) is 0 Å². The Morgan fingerprint density at radius 2 is 1.97 bits per heavy atom. The number of anilines is 2. The van der Waals surface area contributed by atoms with Crippen LogP contribution >= 0.6 is 11.6 Å². The minimum absolute atomic E-state index is 0.264. The Hall–Kier alpha value is -2.45. The molecular formula is C24H32ClN3O4S. The second kappa shape index (κ2) is 10.7. The lowest BCUT2D eigenvalue weighted by atomic mass is 9.99. The van der Waals surface area contributed by atoms with Crippen molar-refractivity contribution in [2.24, 2.45) is 5.92 Å². The fourth-order valence-electron chi connectivity index (χ4n) is 4.11. The summed E-state index contributed by atoms with van der Waals surface area (Å²) in [6.45, 7) is 5.92. The Balaban J connectivity index is 1.67. The fraction of sp³-hybridized carbons (Fsp3) is 0.458. The third kappa shape index (κ3) is 6.54. The van der Waals surface area contributed by atoms with Crippen molar-refractivity contribution in [1.29, 1.82) is 0 Å². The van der Waals surface area contributed by atoms with E-state index in [0.29, 0.717) is 17.4 Å². The number of benzene rings is 2. The Kier molecular flexibility index (Phi) is 8.13. The number of methoxy groups -OCH3 is 1. The first-order valence-electron chi connectivity index (χ1n) is 11.0. The summed E-state index contributed by atoms with van der Waals surface area (Å²) in [5.41, 5.74) is 2.44. The highest BCUT2D eigenvalue weighted by Crippen LogP contribution is 2.30. The average molecular weight is 494 g/mol. The molecule has 0 spiro atoms.